The fourth-order valence-corrected chi connectivity index (χ4v) is 3.88. The second-order valence-electron chi connectivity index (χ2n) is 7.65. The van der Waals surface area contributed by atoms with E-state index < -0.39 is 0 Å². The third-order valence-electron chi connectivity index (χ3n) is 5.44. The van der Waals surface area contributed by atoms with Crippen LogP contribution >= 0.6 is 0 Å². The molecule has 2 aromatic carbocycles. The maximum Gasteiger partial charge on any atom is 0.225 e. The molecule has 1 aromatic heterocycles. The zero-order chi connectivity index (χ0) is 19.2. The summed E-state index contributed by atoms with van der Waals surface area (Å²) >= 11 is 0. The lowest BCUT2D eigenvalue weighted by molar-refractivity contribution is 0.402. The van der Waals surface area contributed by atoms with Crippen LogP contribution in [0.25, 0.3) is 0 Å². The zero-order valence-electron chi connectivity index (χ0n) is 16.5. The van der Waals surface area contributed by atoms with Crippen molar-refractivity contribution < 1.29 is 0 Å². The second-order valence-corrected chi connectivity index (χ2v) is 7.65. The van der Waals surface area contributed by atoms with Crippen molar-refractivity contribution >= 4 is 11.8 Å². The van der Waals surface area contributed by atoms with E-state index in [0.717, 1.165) is 37.1 Å². The minimum Gasteiger partial charge on any atom is -0.356 e. The number of benzene rings is 2. The summed E-state index contributed by atoms with van der Waals surface area (Å²) < 4.78 is 0. The highest BCUT2D eigenvalue weighted by atomic mass is 15.2. The average molecular weight is 373 g/mol. The van der Waals surface area contributed by atoms with Gasteiger partial charge in [0, 0.05) is 31.4 Å². The van der Waals surface area contributed by atoms with Gasteiger partial charge in [-0.15, -0.1) is 0 Å². The molecule has 0 unspecified atom stereocenters. The molecule has 0 amide bonds. The Hall–Kier alpha value is -2.88. The minimum atomic E-state index is 0.713. The van der Waals surface area contributed by atoms with Gasteiger partial charge in [-0.25, -0.2) is 4.98 Å². The van der Waals surface area contributed by atoms with Crippen LogP contribution in [0.4, 0.5) is 11.8 Å². The fraction of sp³-hybridized carbons (Fsp3) is 0.333. The molecule has 0 bridgehead atoms. The summed E-state index contributed by atoms with van der Waals surface area (Å²) in [7, 11) is 0. The number of piperidine rings is 1. The smallest absolute Gasteiger partial charge is 0.225 e. The van der Waals surface area contributed by atoms with Gasteiger partial charge in [-0.3, -0.25) is 0 Å². The van der Waals surface area contributed by atoms with Crippen LogP contribution in [0, 0.1) is 12.8 Å². The number of aromatic nitrogens is 2. The average Bonchev–Trinajstić information content (AvgIpc) is 2.74. The van der Waals surface area contributed by atoms with E-state index in [1.165, 1.54) is 30.4 Å². The first-order chi connectivity index (χ1) is 13.8. The normalized spacial score (nSPS) is 14.8. The Morgan fingerprint density at radius 2 is 1.54 bits per heavy atom. The van der Waals surface area contributed by atoms with E-state index in [1.54, 1.807) is 0 Å². The maximum atomic E-state index is 4.79. The molecule has 0 saturated carbocycles. The van der Waals surface area contributed by atoms with Crippen LogP contribution in [-0.2, 0) is 13.0 Å². The Balaban J connectivity index is 1.36. The van der Waals surface area contributed by atoms with Gasteiger partial charge in [0.2, 0.25) is 5.95 Å². The molecule has 1 aliphatic rings. The second kappa shape index (κ2) is 8.87. The molecule has 1 aliphatic heterocycles. The SMILES string of the molecule is Cc1cc(N2CCC(Cc3ccccc3)CC2)nc(NCc2ccccc2)n1. The van der Waals surface area contributed by atoms with Crippen LogP contribution in [-0.4, -0.2) is 23.1 Å². The van der Waals surface area contributed by atoms with Crippen molar-refractivity contribution in [3.63, 3.8) is 0 Å². The van der Waals surface area contributed by atoms with Gasteiger partial charge >= 0.3 is 0 Å². The molecular weight excluding hydrogens is 344 g/mol. The van der Waals surface area contributed by atoms with Crippen molar-refractivity contribution in [3.05, 3.63) is 83.6 Å². The molecule has 1 N–H and O–H groups in total. The Bertz CT molecular complexity index is 872. The molecule has 1 saturated heterocycles. The van der Waals surface area contributed by atoms with Crippen LogP contribution in [0.1, 0.15) is 29.7 Å². The summed E-state index contributed by atoms with van der Waals surface area (Å²) in [6.45, 7) is 4.90. The molecule has 1 fully saturated rings. The summed E-state index contributed by atoms with van der Waals surface area (Å²) in [4.78, 5) is 11.8. The Morgan fingerprint density at radius 1 is 0.893 bits per heavy atom. The Labute approximate surface area is 167 Å². The van der Waals surface area contributed by atoms with Gasteiger partial charge in [0.1, 0.15) is 5.82 Å². The Morgan fingerprint density at radius 3 is 2.21 bits per heavy atom. The maximum absolute atomic E-state index is 4.79. The highest BCUT2D eigenvalue weighted by Crippen LogP contribution is 2.25. The molecule has 0 spiro atoms. The molecule has 4 nitrogen and oxygen atoms in total. The minimum absolute atomic E-state index is 0.713. The van der Waals surface area contributed by atoms with E-state index in [4.69, 9.17) is 4.98 Å². The standard InChI is InChI=1S/C24H28N4/c1-19-16-23(27-24(26-19)25-18-22-10-6-3-7-11-22)28-14-12-21(13-15-28)17-20-8-4-2-5-9-20/h2-11,16,21H,12-15,17-18H2,1H3,(H,25,26,27). The van der Waals surface area contributed by atoms with Gasteiger partial charge in [0.15, 0.2) is 0 Å². The summed E-state index contributed by atoms with van der Waals surface area (Å²) in [6, 6.07) is 23.3. The first-order valence-corrected chi connectivity index (χ1v) is 10.2. The van der Waals surface area contributed by atoms with E-state index in [2.05, 4.69) is 75.9 Å². The zero-order valence-corrected chi connectivity index (χ0v) is 16.5. The number of hydrogen-bond donors (Lipinski definition) is 1. The molecule has 4 heteroatoms. The summed E-state index contributed by atoms with van der Waals surface area (Å²) in [6.07, 6.45) is 3.61. The number of anilines is 2. The first kappa shape index (κ1) is 18.5. The highest BCUT2D eigenvalue weighted by Gasteiger charge is 2.21. The predicted molar refractivity (Wildman–Crippen MR) is 116 cm³/mol. The summed E-state index contributed by atoms with van der Waals surface area (Å²) in [5.41, 5.74) is 3.69. The molecule has 0 atom stereocenters. The molecule has 4 rings (SSSR count). The van der Waals surface area contributed by atoms with Gasteiger partial charge in [-0.05, 0) is 43.2 Å². The number of nitrogens with zero attached hydrogens (tertiary/aromatic N) is 3. The van der Waals surface area contributed by atoms with Crippen LogP contribution in [0.15, 0.2) is 66.7 Å². The van der Waals surface area contributed by atoms with E-state index in [0.29, 0.717) is 5.95 Å². The van der Waals surface area contributed by atoms with Crippen molar-refractivity contribution in [3.8, 4) is 0 Å². The number of nitrogens with one attached hydrogen (secondary N) is 1. The van der Waals surface area contributed by atoms with Crippen LogP contribution < -0.4 is 10.2 Å². The van der Waals surface area contributed by atoms with Gasteiger partial charge in [-0.2, -0.15) is 4.98 Å². The molecular formula is C24H28N4. The van der Waals surface area contributed by atoms with Crippen molar-refractivity contribution in [1.29, 1.82) is 0 Å². The molecule has 2 heterocycles. The third kappa shape index (κ3) is 4.89. The lowest BCUT2D eigenvalue weighted by atomic mass is 9.90. The van der Waals surface area contributed by atoms with Crippen molar-refractivity contribution in [1.82, 2.24) is 9.97 Å². The Kier molecular flexibility index (Phi) is 5.86. The first-order valence-electron chi connectivity index (χ1n) is 10.2. The number of hydrogen-bond acceptors (Lipinski definition) is 4. The van der Waals surface area contributed by atoms with E-state index in [-0.39, 0.29) is 0 Å². The lowest BCUT2D eigenvalue weighted by Crippen LogP contribution is -2.35. The van der Waals surface area contributed by atoms with Gasteiger partial charge in [0.25, 0.3) is 0 Å². The van der Waals surface area contributed by atoms with E-state index in [9.17, 15) is 0 Å². The van der Waals surface area contributed by atoms with E-state index in [1.807, 2.05) is 13.0 Å². The number of aryl methyl sites for hydroxylation is 1. The van der Waals surface area contributed by atoms with E-state index >= 15 is 0 Å². The molecule has 28 heavy (non-hydrogen) atoms. The monoisotopic (exact) mass is 372 g/mol. The van der Waals surface area contributed by atoms with Gasteiger partial charge in [-0.1, -0.05) is 60.7 Å². The highest BCUT2D eigenvalue weighted by molar-refractivity contribution is 5.45. The third-order valence-corrected chi connectivity index (χ3v) is 5.44. The lowest BCUT2D eigenvalue weighted by Gasteiger charge is -2.33. The molecule has 0 aliphatic carbocycles. The van der Waals surface area contributed by atoms with Crippen LogP contribution in [0.5, 0.6) is 0 Å². The van der Waals surface area contributed by atoms with Crippen molar-refractivity contribution in [2.24, 2.45) is 5.92 Å². The molecule has 0 radical (unpaired) electrons. The van der Waals surface area contributed by atoms with Crippen LogP contribution in [0.2, 0.25) is 0 Å². The summed E-state index contributed by atoms with van der Waals surface area (Å²) in [5.74, 6) is 2.52. The van der Waals surface area contributed by atoms with Crippen LogP contribution in [0.3, 0.4) is 0 Å². The molecule has 144 valence electrons. The predicted octanol–water partition coefficient (Wildman–Crippen LogP) is 4.86. The number of rotatable bonds is 6. The topological polar surface area (TPSA) is 41.1 Å². The summed E-state index contributed by atoms with van der Waals surface area (Å²) in [5, 5.41) is 3.37. The quantitative estimate of drug-likeness (QED) is 0.671. The molecule has 3 aromatic rings. The van der Waals surface area contributed by atoms with Crippen molar-refractivity contribution in [2.75, 3.05) is 23.3 Å². The van der Waals surface area contributed by atoms with Crippen molar-refractivity contribution in [2.45, 2.75) is 32.7 Å². The largest absolute Gasteiger partial charge is 0.356 e. The van der Waals surface area contributed by atoms with Gasteiger partial charge < -0.3 is 10.2 Å². The van der Waals surface area contributed by atoms with Gasteiger partial charge in [0.05, 0.1) is 0 Å². The fourth-order valence-electron chi connectivity index (χ4n) is 3.88.